The van der Waals surface area contributed by atoms with Gasteiger partial charge in [0.05, 0.1) is 0 Å². The first-order chi connectivity index (χ1) is 10.8. The average Bonchev–Trinajstić information content (AvgIpc) is 2.65. The Hall–Kier alpha value is -2.86. The SMILES string of the molecule is C=C.C=CC=CC=C.C=Cc1ccccc1.c1ccccc1. The van der Waals surface area contributed by atoms with E-state index in [-0.39, 0.29) is 0 Å². The van der Waals surface area contributed by atoms with Crippen molar-refractivity contribution in [2.45, 2.75) is 0 Å². The summed E-state index contributed by atoms with van der Waals surface area (Å²) >= 11 is 0. The molecule has 0 aliphatic carbocycles. The highest BCUT2D eigenvalue weighted by Crippen LogP contribution is 1.97. The van der Waals surface area contributed by atoms with E-state index in [0.717, 1.165) is 0 Å². The minimum Gasteiger partial charge on any atom is -0.106 e. The first-order valence-electron chi connectivity index (χ1n) is 6.92. The van der Waals surface area contributed by atoms with Crippen molar-refractivity contribution in [1.82, 2.24) is 0 Å². The Bertz CT molecular complexity index is 455. The van der Waals surface area contributed by atoms with Gasteiger partial charge in [0, 0.05) is 0 Å². The first kappa shape index (κ1) is 21.4. The predicted octanol–water partition coefficient (Wildman–Crippen LogP) is 6.73. The van der Waals surface area contributed by atoms with Crippen molar-refractivity contribution < 1.29 is 0 Å². The highest BCUT2D eigenvalue weighted by molar-refractivity contribution is 5.45. The molecule has 0 amide bonds. The maximum absolute atomic E-state index is 3.63. The number of hydrogen-bond acceptors (Lipinski definition) is 0. The van der Waals surface area contributed by atoms with Crippen LogP contribution in [-0.2, 0) is 0 Å². The molecule has 0 atom stereocenters. The fourth-order valence-electron chi connectivity index (χ4n) is 1.13. The summed E-state index contributed by atoms with van der Waals surface area (Å²) in [6.45, 7) is 16.6. The van der Waals surface area contributed by atoms with Crippen molar-refractivity contribution >= 4 is 6.08 Å². The molecule has 0 radical (unpaired) electrons. The van der Waals surface area contributed by atoms with Crippen LogP contribution in [0.5, 0.6) is 0 Å². The Balaban J connectivity index is 0. The van der Waals surface area contributed by atoms with E-state index in [0.29, 0.717) is 0 Å². The van der Waals surface area contributed by atoms with E-state index < -0.39 is 0 Å². The second kappa shape index (κ2) is 20.5. The van der Waals surface area contributed by atoms with Gasteiger partial charge in [-0.3, -0.25) is 0 Å². The lowest BCUT2D eigenvalue weighted by molar-refractivity contribution is 1.67. The summed E-state index contributed by atoms with van der Waals surface area (Å²) in [5, 5.41) is 0. The molecule has 0 unspecified atom stereocenters. The summed E-state index contributed by atoms with van der Waals surface area (Å²) in [7, 11) is 0. The second-order valence-corrected chi connectivity index (χ2v) is 3.63. The summed E-state index contributed by atoms with van der Waals surface area (Å²) < 4.78 is 0. The molecule has 0 heteroatoms. The molecular weight excluding hydrogens is 264 g/mol. The molecule has 0 saturated heterocycles. The highest BCUT2D eigenvalue weighted by Gasteiger charge is 1.75. The molecule has 0 aliphatic heterocycles. The number of allylic oxidation sites excluding steroid dienone is 4. The maximum atomic E-state index is 3.63. The van der Waals surface area contributed by atoms with Gasteiger partial charge < -0.3 is 0 Å². The summed E-state index contributed by atoms with van der Waals surface area (Å²) in [6, 6.07) is 22.0. The quantitative estimate of drug-likeness (QED) is 0.434. The van der Waals surface area contributed by atoms with Crippen LogP contribution in [0.2, 0.25) is 0 Å². The van der Waals surface area contributed by atoms with Gasteiger partial charge in [-0.2, -0.15) is 0 Å². The third-order valence-electron chi connectivity index (χ3n) is 2.09. The van der Waals surface area contributed by atoms with Gasteiger partial charge >= 0.3 is 0 Å². The van der Waals surface area contributed by atoms with Crippen LogP contribution in [0.1, 0.15) is 5.56 Å². The standard InChI is InChI=1S/C8H8.C6H6.C6H8.C2H4/c1-2-8-6-4-3-5-7-8;1-2-4-6-5-3-1;1-3-5-6-4-2;1-2/h2-7H,1H2;1-6H;3-6H,1-2H2;1-2H2. The van der Waals surface area contributed by atoms with Gasteiger partial charge in [0.15, 0.2) is 0 Å². The summed E-state index contributed by atoms with van der Waals surface area (Å²) in [6.07, 6.45) is 8.91. The summed E-state index contributed by atoms with van der Waals surface area (Å²) in [5.74, 6) is 0. The number of benzene rings is 2. The van der Waals surface area contributed by atoms with Crippen LogP contribution in [0.15, 0.2) is 124 Å². The highest BCUT2D eigenvalue weighted by atomic mass is 13.8. The van der Waals surface area contributed by atoms with Gasteiger partial charge in [0.2, 0.25) is 0 Å². The average molecular weight is 290 g/mol. The lowest BCUT2D eigenvalue weighted by Gasteiger charge is -1.85. The molecular formula is C22H26. The van der Waals surface area contributed by atoms with Gasteiger partial charge in [0.1, 0.15) is 0 Å². The second-order valence-electron chi connectivity index (χ2n) is 3.63. The third kappa shape index (κ3) is 17.1. The van der Waals surface area contributed by atoms with Crippen LogP contribution in [0.4, 0.5) is 0 Å². The molecule has 2 rings (SSSR count). The fraction of sp³-hybridized carbons (Fsp3) is 0. The van der Waals surface area contributed by atoms with Crippen LogP contribution < -0.4 is 0 Å². The topological polar surface area (TPSA) is 0 Å². The van der Waals surface area contributed by atoms with Crippen LogP contribution in [0, 0.1) is 0 Å². The van der Waals surface area contributed by atoms with Crippen molar-refractivity contribution in [3.8, 4) is 0 Å². The zero-order valence-corrected chi connectivity index (χ0v) is 13.3. The van der Waals surface area contributed by atoms with Crippen molar-refractivity contribution in [1.29, 1.82) is 0 Å². The van der Waals surface area contributed by atoms with Gasteiger partial charge in [-0.15, -0.1) is 13.2 Å². The van der Waals surface area contributed by atoms with Crippen LogP contribution >= 0.6 is 0 Å². The van der Waals surface area contributed by atoms with Crippen molar-refractivity contribution in [2.24, 2.45) is 0 Å². The normalized spacial score (nSPS) is 7.82. The van der Waals surface area contributed by atoms with Crippen LogP contribution in [0.25, 0.3) is 6.08 Å². The Kier molecular flexibility index (Phi) is 19.9. The molecule has 0 fully saturated rings. The van der Waals surface area contributed by atoms with E-state index in [9.17, 15) is 0 Å². The number of hydrogen-bond donors (Lipinski definition) is 0. The van der Waals surface area contributed by atoms with Gasteiger partial charge in [0.25, 0.3) is 0 Å². The van der Waals surface area contributed by atoms with Crippen LogP contribution in [-0.4, -0.2) is 0 Å². The fourth-order valence-corrected chi connectivity index (χ4v) is 1.13. The van der Waals surface area contributed by atoms with Crippen molar-refractivity contribution in [2.75, 3.05) is 0 Å². The predicted molar refractivity (Wildman–Crippen MR) is 104 cm³/mol. The molecule has 0 nitrogen and oxygen atoms in total. The molecule has 2 aromatic carbocycles. The monoisotopic (exact) mass is 290 g/mol. The minimum atomic E-state index is 1.17. The summed E-state index contributed by atoms with van der Waals surface area (Å²) in [4.78, 5) is 0. The Morgan fingerprint density at radius 1 is 0.545 bits per heavy atom. The molecule has 0 aromatic heterocycles. The zero-order chi connectivity index (χ0) is 16.9. The number of rotatable bonds is 3. The zero-order valence-electron chi connectivity index (χ0n) is 13.3. The van der Waals surface area contributed by atoms with Crippen molar-refractivity contribution in [3.05, 3.63) is 129 Å². The van der Waals surface area contributed by atoms with E-state index in [4.69, 9.17) is 0 Å². The Labute approximate surface area is 136 Å². The lowest BCUT2D eigenvalue weighted by atomic mass is 10.2. The summed E-state index contributed by atoms with van der Waals surface area (Å²) in [5.41, 5.74) is 1.17. The van der Waals surface area contributed by atoms with Gasteiger partial charge in [-0.05, 0) is 5.56 Å². The molecule has 114 valence electrons. The molecule has 0 spiro atoms. The van der Waals surface area contributed by atoms with Gasteiger partial charge in [-0.25, -0.2) is 0 Å². The van der Waals surface area contributed by atoms with E-state index >= 15 is 0 Å². The van der Waals surface area contributed by atoms with E-state index in [2.05, 4.69) is 32.9 Å². The van der Waals surface area contributed by atoms with E-state index in [1.807, 2.05) is 85.0 Å². The lowest BCUT2D eigenvalue weighted by Crippen LogP contribution is -1.63. The molecule has 2 aromatic rings. The van der Waals surface area contributed by atoms with Gasteiger partial charge in [-0.1, -0.05) is 117 Å². The molecule has 22 heavy (non-hydrogen) atoms. The first-order valence-corrected chi connectivity index (χ1v) is 6.92. The van der Waals surface area contributed by atoms with E-state index in [1.165, 1.54) is 5.56 Å². The smallest absolute Gasteiger partial charge is 0.0263 e. The van der Waals surface area contributed by atoms with Crippen LogP contribution in [0.3, 0.4) is 0 Å². The Morgan fingerprint density at radius 3 is 1.09 bits per heavy atom. The molecule has 0 saturated carbocycles. The van der Waals surface area contributed by atoms with E-state index in [1.54, 1.807) is 12.2 Å². The molecule has 0 bridgehead atoms. The Morgan fingerprint density at radius 2 is 0.864 bits per heavy atom. The third-order valence-corrected chi connectivity index (χ3v) is 2.09. The molecule has 0 aliphatic rings. The largest absolute Gasteiger partial charge is 0.106 e. The maximum Gasteiger partial charge on any atom is -0.0263 e. The molecule has 0 heterocycles. The van der Waals surface area contributed by atoms with Crippen molar-refractivity contribution in [3.63, 3.8) is 0 Å². The minimum absolute atomic E-state index is 1.17. The molecule has 0 N–H and O–H groups in total.